The van der Waals surface area contributed by atoms with Crippen molar-refractivity contribution in [3.8, 4) is 11.1 Å². The lowest BCUT2D eigenvalue weighted by atomic mass is 9.90. The van der Waals surface area contributed by atoms with Crippen molar-refractivity contribution >= 4 is 28.4 Å². The molecule has 0 radical (unpaired) electrons. The highest BCUT2D eigenvalue weighted by Gasteiger charge is 2.29. The fraction of sp³-hybridized carbons (Fsp3) is 0.387. The molecule has 5 rings (SSSR count). The minimum Gasteiger partial charge on any atom is -0.442 e. The molecular weight excluding hydrogens is 514 g/mol. The monoisotopic (exact) mass is 548 g/mol. The number of ether oxygens (including phenoxy) is 1. The van der Waals surface area contributed by atoms with E-state index in [1.165, 1.54) is 0 Å². The number of hydrogen-bond acceptors (Lipinski definition) is 5. The van der Waals surface area contributed by atoms with Gasteiger partial charge in [0.15, 0.2) is 0 Å². The Hall–Kier alpha value is -4.01. The highest BCUT2D eigenvalue weighted by Crippen LogP contribution is 2.44. The molecule has 9 heteroatoms. The number of aromatic nitrogens is 3. The Morgan fingerprint density at radius 3 is 2.48 bits per heavy atom. The van der Waals surface area contributed by atoms with Crippen molar-refractivity contribution in [2.75, 3.05) is 11.4 Å². The molecule has 7 nitrogen and oxygen atoms in total. The Kier molecular flexibility index (Phi) is 6.80. The third-order valence-corrected chi connectivity index (χ3v) is 7.45. The second-order valence-electron chi connectivity index (χ2n) is 11.5. The number of aryl methyl sites for hydroxylation is 4. The van der Waals surface area contributed by atoms with Gasteiger partial charge in [0, 0.05) is 41.4 Å². The fourth-order valence-electron chi connectivity index (χ4n) is 5.68. The smallest absolute Gasteiger partial charge is 0.435 e. The second kappa shape index (κ2) is 9.87. The topological polar surface area (TPSA) is 69.4 Å². The second-order valence-corrected chi connectivity index (χ2v) is 11.5. The van der Waals surface area contributed by atoms with Crippen molar-refractivity contribution in [1.82, 2.24) is 14.3 Å². The lowest BCUT2D eigenvalue weighted by Crippen LogP contribution is -2.28. The van der Waals surface area contributed by atoms with Crippen LogP contribution in [0.25, 0.3) is 22.0 Å². The van der Waals surface area contributed by atoms with Crippen LogP contribution in [0.4, 0.5) is 25.0 Å². The van der Waals surface area contributed by atoms with Crippen molar-refractivity contribution in [3.05, 3.63) is 74.8 Å². The van der Waals surface area contributed by atoms with Crippen molar-refractivity contribution in [1.29, 1.82) is 0 Å². The highest BCUT2D eigenvalue weighted by atomic mass is 19.3. The molecule has 2 aromatic carbocycles. The van der Waals surface area contributed by atoms with Gasteiger partial charge in [0.1, 0.15) is 5.60 Å². The normalized spacial score (nSPS) is 13.7. The summed E-state index contributed by atoms with van der Waals surface area (Å²) in [5.74, 6) is 0. The van der Waals surface area contributed by atoms with Gasteiger partial charge < -0.3 is 14.2 Å². The van der Waals surface area contributed by atoms with Crippen molar-refractivity contribution in [2.45, 2.75) is 66.4 Å². The van der Waals surface area contributed by atoms with Crippen LogP contribution in [0.2, 0.25) is 0 Å². The molecule has 0 aliphatic carbocycles. The average Bonchev–Trinajstić information content (AvgIpc) is 3.18. The number of alkyl halides is 2. The van der Waals surface area contributed by atoms with Crippen LogP contribution >= 0.6 is 0 Å². The highest BCUT2D eigenvalue weighted by molar-refractivity contribution is 5.95. The lowest BCUT2D eigenvalue weighted by Gasteiger charge is -2.33. The average molecular weight is 549 g/mol. The Bertz CT molecular complexity index is 1710. The molecule has 0 N–H and O–H groups in total. The number of benzene rings is 2. The molecule has 0 unspecified atom stereocenters. The molecule has 0 amide bonds. The zero-order valence-corrected chi connectivity index (χ0v) is 23.9. The molecule has 1 aliphatic heterocycles. The summed E-state index contributed by atoms with van der Waals surface area (Å²) in [5, 5.41) is 5.25. The van der Waals surface area contributed by atoms with E-state index in [0.717, 1.165) is 45.4 Å². The molecule has 0 spiro atoms. The van der Waals surface area contributed by atoms with Gasteiger partial charge in [0.05, 0.1) is 22.6 Å². The van der Waals surface area contributed by atoms with E-state index >= 15 is 0 Å². The summed E-state index contributed by atoms with van der Waals surface area (Å²) in [4.78, 5) is 27.4. The van der Waals surface area contributed by atoms with E-state index in [1.54, 1.807) is 59.2 Å². The van der Waals surface area contributed by atoms with Crippen LogP contribution < -0.4 is 10.5 Å². The molecule has 0 bridgehead atoms. The van der Waals surface area contributed by atoms with E-state index in [0.29, 0.717) is 34.6 Å². The van der Waals surface area contributed by atoms with Crippen LogP contribution in [0.15, 0.2) is 41.2 Å². The van der Waals surface area contributed by atoms with E-state index < -0.39 is 18.1 Å². The first-order chi connectivity index (χ1) is 18.8. The minimum atomic E-state index is -2.75. The molecule has 4 aromatic rings. The quantitative estimate of drug-likeness (QED) is 0.272. The Morgan fingerprint density at radius 2 is 1.80 bits per heavy atom. The largest absolute Gasteiger partial charge is 0.442 e. The Balaban J connectivity index is 1.68. The molecule has 0 saturated heterocycles. The van der Waals surface area contributed by atoms with E-state index in [2.05, 4.69) is 10.00 Å². The summed E-state index contributed by atoms with van der Waals surface area (Å²) in [6.07, 6.45) is -1.84. The number of carbonyl (C=O) groups is 1. The molecule has 0 fully saturated rings. The first-order valence-corrected chi connectivity index (χ1v) is 13.4. The molecule has 0 saturated carbocycles. The van der Waals surface area contributed by atoms with Gasteiger partial charge in [-0.25, -0.2) is 13.6 Å². The van der Waals surface area contributed by atoms with Crippen LogP contribution in [0, 0.1) is 20.8 Å². The van der Waals surface area contributed by atoms with Crippen LogP contribution in [0.5, 0.6) is 0 Å². The van der Waals surface area contributed by atoms with Crippen LogP contribution in [0.3, 0.4) is 0 Å². The summed E-state index contributed by atoms with van der Waals surface area (Å²) in [6.45, 7) is 11.1. The van der Waals surface area contributed by atoms with Crippen LogP contribution in [0.1, 0.15) is 61.7 Å². The fourth-order valence-corrected chi connectivity index (χ4v) is 5.68. The first-order valence-electron chi connectivity index (χ1n) is 13.4. The zero-order chi connectivity index (χ0) is 29.1. The maximum atomic E-state index is 14.7. The number of anilines is 2. The van der Waals surface area contributed by atoms with Crippen molar-refractivity contribution in [2.24, 2.45) is 7.05 Å². The van der Waals surface area contributed by atoms with Gasteiger partial charge in [0.2, 0.25) is 0 Å². The van der Waals surface area contributed by atoms with Crippen molar-refractivity contribution in [3.63, 3.8) is 0 Å². The number of hydrogen-bond donors (Lipinski definition) is 0. The zero-order valence-electron chi connectivity index (χ0n) is 23.9. The number of carbonyl (C=O) groups excluding carboxylic acids is 1. The number of nitrogens with zero attached hydrogens (tertiary/aromatic N) is 4. The van der Waals surface area contributed by atoms with Gasteiger partial charge in [0.25, 0.3) is 12.0 Å². The minimum absolute atomic E-state index is 0.0639. The molecule has 40 heavy (non-hydrogen) atoms. The van der Waals surface area contributed by atoms with E-state index in [1.807, 2.05) is 30.3 Å². The maximum Gasteiger partial charge on any atom is 0.435 e. The summed E-state index contributed by atoms with van der Waals surface area (Å²) in [5.41, 5.74) is 4.84. The number of halogens is 2. The van der Waals surface area contributed by atoms with Gasteiger partial charge in [-0.15, -0.1) is 0 Å². The summed E-state index contributed by atoms with van der Waals surface area (Å²) < 4.78 is 37.6. The Labute approximate surface area is 232 Å². The van der Waals surface area contributed by atoms with Gasteiger partial charge in [-0.1, -0.05) is 6.07 Å². The third kappa shape index (κ3) is 4.67. The number of rotatable bonds is 3. The van der Waals surface area contributed by atoms with Gasteiger partial charge in [-0.05, 0) is 95.8 Å². The van der Waals surface area contributed by atoms with E-state index in [9.17, 15) is 18.4 Å². The molecule has 0 atom stereocenters. The standard InChI is InChI=1S/C31H34F2N4O3/c1-17-14-23-24(35(7)29(17)38)11-8-12-25(23)36-13-9-10-20-15-21(22(28(32)33)16-26(20)36)27-18(2)34-37(19(27)3)30(39)40-31(4,5)6/h8,11-12,14-16,28H,9-10,13H2,1-7H3. The number of fused-ring (bicyclic) bond motifs is 2. The molecular formula is C31H34F2N4O3. The van der Waals surface area contributed by atoms with E-state index in [4.69, 9.17) is 4.74 Å². The van der Waals surface area contributed by atoms with Gasteiger partial charge in [-0.2, -0.15) is 9.78 Å². The predicted octanol–water partition coefficient (Wildman–Crippen LogP) is 7.13. The van der Waals surface area contributed by atoms with Crippen molar-refractivity contribution < 1.29 is 18.3 Å². The summed E-state index contributed by atoms with van der Waals surface area (Å²) in [6, 6.07) is 11.0. The van der Waals surface area contributed by atoms with Gasteiger partial charge >= 0.3 is 6.09 Å². The summed E-state index contributed by atoms with van der Waals surface area (Å²) in [7, 11) is 1.74. The predicted molar refractivity (Wildman–Crippen MR) is 153 cm³/mol. The SMILES string of the molecule is Cc1nn(C(=O)OC(C)(C)C)c(C)c1-c1cc2c(cc1C(F)F)N(c1cccc3c1cc(C)c(=O)n3C)CCC2. The third-order valence-electron chi connectivity index (χ3n) is 7.45. The lowest BCUT2D eigenvalue weighted by molar-refractivity contribution is 0.0510. The first kappa shape index (κ1) is 27.6. The van der Waals surface area contributed by atoms with Crippen LogP contribution in [-0.2, 0) is 18.2 Å². The molecule has 2 aromatic heterocycles. The molecule has 3 heterocycles. The molecule has 1 aliphatic rings. The number of pyridine rings is 1. The summed E-state index contributed by atoms with van der Waals surface area (Å²) >= 11 is 0. The van der Waals surface area contributed by atoms with Crippen LogP contribution in [-0.4, -0.2) is 32.6 Å². The molecule has 210 valence electrons. The maximum absolute atomic E-state index is 14.7. The van der Waals surface area contributed by atoms with E-state index in [-0.39, 0.29) is 11.1 Å². The Morgan fingerprint density at radius 1 is 1.07 bits per heavy atom. The van der Waals surface area contributed by atoms with Gasteiger partial charge in [-0.3, -0.25) is 4.79 Å².